The zero-order valence-electron chi connectivity index (χ0n) is 17.7. The first kappa shape index (κ1) is 22.0. The van der Waals surface area contributed by atoms with Crippen LogP contribution in [0.5, 0.6) is 23.0 Å². The van der Waals surface area contributed by atoms with E-state index in [0.29, 0.717) is 54.9 Å². The predicted molar refractivity (Wildman–Crippen MR) is 117 cm³/mol. The van der Waals surface area contributed by atoms with E-state index in [4.69, 9.17) is 18.9 Å². The normalized spacial score (nSPS) is 10.3. The Labute approximate surface area is 181 Å². The Kier molecular flexibility index (Phi) is 8.11. The number of hydrogen-bond acceptors (Lipinski definition) is 6. The van der Waals surface area contributed by atoms with Gasteiger partial charge in [0.1, 0.15) is 13.2 Å². The van der Waals surface area contributed by atoms with Crippen molar-refractivity contribution in [3.63, 3.8) is 0 Å². The molecule has 0 saturated heterocycles. The van der Waals surface area contributed by atoms with Gasteiger partial charge in [0, 0.05) is 18.0 Å². The molecule has 0 saturated carbocycles. The van der Waals surface area contributed by atoms with E-state index >= 15 is 0 Å². The molecule has 0 aliphatic rings. The fourth-order valence-electron chi connectivity index (χ4n) is 2.84. The number of pyridine rings is 1. The first-order valence-electron chi connectivity index (χ1n) is 10.0. The number of benzene rings is 2. The lowest BCUT2D eigenvalue weighted by atomic mass is 10.2. The lowest BCUT2D eigenvalue weighted by Gasteiger charge is -2.14. The smallest absolute Gasteiger partial charge is 0.251 e. The molecule has 1 heterocycles. The van der Waals surface area contributed by atoms with Gasteiger partial charge in [-0.2, -0.15) is 0 Å². The molecule has 31 heavy (non-hydrogen) atoms. The van der Waals surface area contributed by atoms with Crippen molar-refractivity contribution in [1.29, 1.82) is 0 Å². The zero-order chi connectivity index (χ0) is 21.9. The maximum absolute atomic E-state index is 12.5. The number of methoxy groups -OCH3 is 1. The molecule has 0 unspecified atom stereocenters. The Morgan fingerprint density at radius 1 is 0.903 bits per heavy atom. The topological polar surface area (TPSA) is 78.9 Å². The minimum absolute atomic E-state index is 0.217. The summed E-state index contributed by atoms with van der Waals surface area (Å²) in [5.74, 6) is 2.17. The average molecular weight is 422 g/mol. The van der Waals surface area contributed by atoms with Gasteiger partial charge in [-0.1, -0.05) is 12.1 Å². The van der Waals surface area contributed by atoms with E-state index in [0.717, 1.165) is 5.56 Å². The summed E-state index contributed by atoms with van der Waals surface area (Å²) in [6.07, 6.45) is 3.43. The number of nitrogens with one attached hydrogen (secondary N) is 1. The Balaban J connectivity index is 1.55. The molecule has 7 heteroatoms. The molecule has 3 aromatic rings. The van der Waals surface area contributed by atoms with Crippen molar-refractivity contribution in [3.05, 3.63) is 78.1 Å². The molecule has 0 bridgehead atoms. The van der Waals surface area contributed by atoms with Gasteiger partial charge in [-0.25, -0.2) is 0 Å². The number of carbonyl (C=O) groups excluding carboxylic acids is 1. The van der Waals surface area contributed by atoms with Gasteiger partial charge in [0.15, 0.2) is 23.0 Å². The third-order valence-electron chi connectivity index (χ3n) is 4.36. The average Bonchev–Trinajstić information content (AvgIpc) is 2.82. The van der Waals surface area contributed by atoms with Gasteiger partial charge in [-0.05, 0) is 55.0 Å². The number of carbonyl (C=O) groups is 1. The van der Waals surface area contributed by atoms with E-state index in [1.165, 1.54) is 0 Å². The Morgan fingerprint density at radius 3 is 2.39 bits per heavy atom. The predicted octanol–water partition coefficient (Wildman–Crippen LogP) is 3.88. The molecule has 7 nitrogen and oxygen atoms in total. The van der Waals surface area contributed by atoms with Gasteiger partial charge in [0.25, 0.3) is 5.91 Å². The number of hydrogen-bond donors (Lipinski definition) is 1. The van der Waals surface area contributed by atoms with Gasteiger partial charge in [0.2, 0.25) is 0 Å². The minimum atomic E-state index is -0.217. The van der Waals surface area contributed by atoms with Crippen LogP contribution in [0.15, 0.2) is 67.0 Å². The van der Waals surface area contributed by atoms with E-state index < -0.39 is 0 Å². The number of rotatable bonds is 11. The van der Waals surface area contributed by atoms with Crippen LogP contribution in [0.2, 0.25) is 0 Å². The van der Waals surface area contributed by atoms with Crippen molar-refractivity contribution in [2.75, 3.05) is 26.9 Å². The molecule has 0 atom stereocenters. The third-order valence-corrected chi connectivity index (χ3v) is 4.36. The highest BCUT2D eigenvalue weighted by atomic mass is 16.5. The molecule has 1 aromatic heterocycles. The standard InChI is InChI=1S/C24H26N2O5/c1-3-29-23-16-19(8-9-22(23)31-17-18-10-12-25-13-11-18)24(27)26-14-15-30-21-7-5-4-6-20(21)28-2/h4-13,16H,3,14-15,17H2,1-2H3,(H,26,27). The minimum Gasteiger partial charge on any atom is -0.493 e. The van der Waals surface area contributed by atoms with Crippen LogP contribution in [-0.4, -0.2) is 37.8 Å². The summed E-state index contributed by atoms with van der Waals surface area (Å²) in [6, 6.07) is 16.3. The summed E-state index contributed by atoms with van der Waals surface area (Å²) < 4.78 is 22.5. The fraction of sp³-hybridized carbons (Fsp3) is 0.250. The van der Waals surface area contributed by atoms with Crippen molar-refractivity contribution < 1.29 is 23.7 Å². The van der Waals surface area contributed by atoms with Crippen LogP contribution < -0.4 is 24.3 Å². The Morgan fingerprint density at radius 2 is 1.65 bits per heavy atom. The second-order valence-corrected chi connectivity index (χ2v) is 6.49. The van der Waals surface area contributed by atoms with Crippen molar-refractivity contribution in [3.8, 4) is 23.0 Å². The number of aromatic nitrogens is 1. The van der Waals surface area contributed by atoms with E-state index in [2.05, 4.69) is 10.3 Å². The van der Waals surface area contributed by atoms with E-state index in [9.17, 15) is 4.79 Å². The largest absolute Gasteiger partial charge is 0.493 e. The van der Waals surface area contributed by atoms with Crippen molar-refractivity contribution in [2.24, 2.45) is 0 Å². The summed E-state index contributed by atoms with van der Waals surface area (Å²) in [5, 5.41) is 2.85. The lowest BCUT2D eigenvalue weighted by Crippen LogP contribution is -2.28. The lowest BCUT2D eigenvalue weighted by molar-refractivity contribution is 0.0946. The van der Waals surface area contributed by atoms with Gasteiger partial charge < -0.3 is 24.3 Å². The zero-order valence-corrected chi connectivity index (χ0v) is 17.7. The molecule has 0 fully saturated rings. The third kappa shape index (κ3) is 6.37. The van der Waals surface area contributed by atoms with Crippen LogP contribution >= 0.6 is 0 Å². The molecule has 1 amide bonds. The second kappa shape index (κ2) is 11.4. The Hall–Kier alpha value is -3.74. The second-order valence-electron chi connectivity index (χ2n) is 6.49. The fourth-order valence-corrected chi connectivity index (χ4v) is 2.84. The summed E-state index contributed by atoms with van der Waals surface area (Å²) in [6.45, 7) is 3.39. The number of nitrogens with zero attached hydrogens (tertiary/aromatic N) is 1. The summed E-state index contributed by atoms with van der Waals surface area (Å²) >= 11 is 0. The highest BCUT2D eigenvalue weighted by Gasteiger charge is 2.12. The number of amides is 1. The number of ether oxygens (including phenoxy) is 4. The summed E-state index contributed by atoms with van der Waals surface area (Å²) in [5.41, 5.74) is 1.48. The van der Waals surface area contributed by atoms with Crippen molar-refractivity contribution in [1.82, 2.24) is 10.3 Å². The van der Waals surface area contributed by atoms with Gasteiger partial charge in [-0.3, -0.25) is 9.78 Å². The van der Waals surface area contributed by atoms with E-state index in [-0.39, 0.29) is 5.91 Å². The van der Waals surface area contributed by atoms with Crippen molar-refractivity contribution in [2.45, 2.75) is 13.5 Å². The molecule has 0 radical (unpaired) electrons. The molecule has 2 aromatic carbocycles. The van der Waals surface area contributed by atoms with Gasteiger partial charge >= 0.3 is 0 Å². The molecule has 0 aliphatic heterocycles. The first-order chi connectivity index (χ1) is 15.2. The monoisotopic (exact) mass is 422 g/mol. The first-order valence-corrected chi connectivity index (χ1v) is 10.0. The van der Waals surface area contributed by atoms with Crippen LogP contribution in [0.4, 0.5) is 0 Å². The molecule has 3 rings (SSSR count). The molecular formula is C24H26N2O5. The van der Waals surface area contributed by atoms with Crippen molar-refractivity contribution >= 4 is 5.91 Å². The van der Waals surface area contributed by atoms with Crippen LogP contribution in [0.1, 0.15) is 22.8 Å². The van der Waals surface area contributed by atoms with Crippen LogP contribution in [0.3, 0.4) is 0 Å². The Bertz CT molecular complexity index is 979. The number of para-hydroxylation sites is 2. The summed E-state index contributed by atoms with van der Waals surface area (Å²) in [7, 11) is 1.59. The molecule has 0 spiro atoms. The van der Waals surface area contributed by atoms with Gasteiger partial charge in [0.05, 0.1) is 20.3 Å². The molecule has 0 aliphatic carbocycles. The molecule has 1 N–H and O–H groups in total. The maximum Gasteiger partial charge on any atom is 0.251 e. The van der Waals surface area contributed by atoms with Crippen LogP contribution in [0.25, 0.3) is 0 Å². The maximum atomic E-state index is 12.5. The van der Waals surface area contributed by atoms with E-state index in [1.54, 1.807) is 37.7 Å². The van der Waals surface area contributed by atoms with Crippen LogP contribution in [-0.2, 0) is 6.61 Å². The quantitative estimate of drug-likeness (QED) is 0.473. The summed E-state index contributed by atoms with van der Waals surface area (Å²) in [4.78, 5) is 16.5. The van der Waals surface area contributed by atoms with Gasteiger partial charge in [-0.15, -0.1) is 0 Å². The van der Waals surface area contributed by atoms with E-state index in [1.807, 2.05) is 43.3 Å². The molecular weight excluding hydrogens is 396 g/mol. The highest BCUT2D eigenvalue weighted by molar-refractivity contribution is 5.94. The van der Waals surface area contributed by atoms with Crippen LogP contribution in [0, 0.1) is 0 Å². The SMILES string of the molecule is CCOc1cc(C(=O)NCCOc2ccccc2OC)ccc1OCc1ccncc1. The molecule has 162 valence electrons. The highest BCUT2D eigenvalue weighted by Crippen LogP contribution is 2.29.